The monoisotopic (exact) mass is 613 g/mol. The molecular formula is C31H31F4N5O4. The number of nitrogens with zero attached hydrogens (tertiary/aromatic N) is 5. The predicted molar refractivity (Wildman–Crippen MR) is 153 cm³/mol. The van der Waals surface area contributed by atoms with Crippen molar-refractivity contribution in [1.29, 1.82) is 0 Å². The number of hydrogen-bond donors (Lipinski definition) is 1. The summed E-state index contributed by atoms with van der Waals surface area (Å²) in [7, 11) is 1.48. The Morgan fingerprint density at radius 1 is 1.14 bits per heavy atom. The van der Waals surface area contributed by atoms with Crippen molar-refractivity contribution in [1.82, 2.24) is 24.4 Å². The molecule has 2 aromatic heterocycles. The van der Waals surface area contributed by atoms with Gasteiger partial charge in [-0.3, -0.25) is 14.5 Å². The average Bonchev–Trinajstić information content (AvgIpc) is 3.40. The summed E-state index contributed by atoms with van der Waals surface area (Å²) >= 11 is 0. The Bertz CT molecular complexity index is 1720. The van der Waals surface area contributed by atoms with Crippen LogP contribution in [0.15, 0.2) is 48.7 Å². The van der Waals surface area contributed by atoms with E-state index in [0.717, 1.165) is 6.20 Å². The fraction of sp³-hybridized carbons (Fsp3) is 0.355. The first kappa shape index (κ1) is 31.1. The Hall–Kier alpha value is -4.36. The summed E-state index contributed by atoms with van der Waals surface area (Å²) in [6, 6.07) is 9.17. The maximum Gasteiger partial charge on any atom is 0.433 e. The van der Waals surface area contributed by atoms with E-state index in [2.05, 4.69) is 10.1 Å². The Morgan fingerprint density at radius 3 is 2.43 bits per heavy atom. The summed E-state index contributed by atoms with van der Waals surface area (Å²) in [6.07, 6.45) is -3.69. The first-order valence-electron chi connectivity index (χ1n) is 13.9. The molecule has 2 aromatic carbocycles. The fourth-order valence-electron chi connectivity index (χ4n) is 5.74. The number of methoxy groups -OCH3 is 1. The maximum absolute atomic E-state index is 14.8. The van der Waals surface area contributed by atoms with E-state index >= 15 is 0 Å². The number of alkyl halides is 3. The molecule has 0 spiro atoms. The highest BCUT2D eigenvalue weighted by Crippen LogP contribution is 2.37. The van der Waals surface area contributed by atoms with Crippen molar-refractivity contribution < 1.29 is 37.0 Å². The number of rotatable bonds is 7. The number of ether oxygens (including phenoxy) is 1. The van der Waals surface area contributed by atoms with Gasteiger partial charge in [-0.2, -0.15) is 18.3 Å². The van der Waals surface area contributed by atoms with Gasteiger partial charge in [0.25, 0.3) is 5.91 Å². The molecule has 1 fully saturated rings. The van der Waals surface area contributed by atoms with Crippen LogP contribution in [-0.4, -0.2) is 80.6 Å². The van der Waals surface area contributed by atoms with Gasteiger partial charge in [0.15, 0.2) is 17.1 Å². The van der Waals surface area contributed by atoms with Gasteiger partial charge < -0.3 is 14.7 Å². The molecule has 0 radical (unpaired) electrons. The van der Waals surface area contributed by atoms with Crippen LogP contribution in [0.1, 0.15) is 57.4 Å². The summed E-state index contributed by atoms with van der Waals surface area (Å²) in [4.78, 5) is 33.5. The first-order valence-corrected chi connectivity index (χ1v) is 13.9. The van der Waals surface area contributed by atoms with Crippen LogP contribution in [0.25, 0.3) is 16.9 Å². The number of amides is 1. The SMILES string of the molecule is COc1ccc(-c2nc3c(C(=O)N4CCN([C@@H](CO)c5cc(C(C)=O)ccc5F)C[C@H]4C)cnn3c(C(F)(F)F)c2C)cc1. The molecule has 0 bridgehead atoms. The molecule has 44 heavy (non-hydrogen) atoms. The Kier molecular flexibility index (Phi) is 8.45. The Morgan fingerprint density at radius 2 is 1.84 bits per heavy atom. The summed E-state index contributed by atoms with van der Waals surface area (Å²) < 4.78 is 63.6. The minimum Gasteiger partial charge on any atom is -0.497 e. The first-order chi connectivity index (χ1) is 20.8. The fourth-order valence-corrected chi connectivity index (χ4v) is 5.74. The van der Waals surface area contributed by atoms with Crippen LogP contribution in [0.4, 0.5) is 17.6 Å². The van der Waals surface area contributed by atoms with E-state index in [1.807, 2.05) is 4.90 Å². The molecule has 1 aliphatic heterocycles. The van der Waals surface area contributed by atoms with E-state index in [4.69, 9.17) is 4.74 Å². The minimum absolute atomic E-state index is 0.0560. The lowest BCUT2D eigenvalue weighted by Crippen LogP contribution is -2.55. The van der Waals surface area contributed by atoms with Gasteiger partial charge in [0.2, 0.25) is 0 Å². The van der Waals surface area contributed by atoms with Crippen LogP contribution in [-0.2, 0) is 6.18 Å². The predicted octanol–water partition coefficient (Wildman–Crippen LogP) is 4.95. The van der Waals surface area contributed by atoms with Gasteiger partial charge in [0.05, 0.1) is 31.6 Å². The molecule has 0 saturated carbocycles. The quantitative estimate of drug-likeness (QED) is 0.233. The van der Waals surface area contributed by atoms with Crippen LogP contribution in [0, 0.1) is 12.7 Å². The number of aliphatic hydroxyl groups is 1. The molecule has 9 nitrogen and oxygen atoms in total. The van der Waals surface area contributed by atoms with Gasteiger partial charge in [0, 0.05) is 47.9 Å². The zero-order valence-electron chi connectivity index (χ0n) is 24.5. The van der Waals surface area contributed by atoms with Crippen molar-refractivity contribution >= 4 is 17.3 Å². The number of carbonyl (C=O) groups is 2. The molecule has 232 valence electrons. The van der Waals surface area contributed by atoms with Crippen LogP contribution >= 0.6 is 0 Å². The van der Waals surface area contributed by atoms with Crippen LogP contribution in [0.2, 0.25) is 0 Å². The molecule has 2 atom stereocenters. The highest BCUT2D eigenvalue weighted by atomic mass is 19.4. The second-order valence-electron chi connectivity index (χ2n) is 10.8. The number of aromatic nitrogens is 3. The van der Waals surface area contributed by atoms with Crippen molar-refractivity contribution in [2.24, 2.45) is 0 Å². The number of ketones is 1. The highest BCUT2D eigenvalue weighted by Gasteiger charge is 2.40. The third-order valence-electron chi connectivity index (χ3n) is 8.04. The standard InChI is InChI=1S/C31H31F4N5O4/c1-17-15-38(26(16-41)23-13-21(19(3)42)7-10-25(23)32)11-12-39(17)30(43)24-14-36-40-28(31(33,34)35)18(2)27(37-29(24)40)20-5-8-22(44-4)9-6-20/h5-10,13-14,17,26,41H,11-12,15-16H2,1-4H3/t17-,26+/m1/s1. The van der Waals surface area contributed by atoms with E-state index in [0.29, 0.717) is 21.4 Å². The van der Waals surface area contributed by atoms with E-state index in [9.17, 15) is 32.3 Å². The van der Waals surface area contributed by atoms with E-state index in [-0.39, 0.29) is 53.4 Å². The number of benzene rings is 2. The van der Waals surface area contributed by atoms with Gasteiger partial charge >= 0.3 is 6.18 Å². The van der Waals surface area contributed by atoms with Gasteiger partial charge in [0.1, 0.15) is 17.1 Å². The lowest BCUT2D eigenvalue weighted by Gasteiger charge is -2.43. The van der Waals surface area contributed by atoms with Crippen molar-refractivity contribution in [3.05, 3.63) is 82.4 Å². The number of aliphatic hydroxyl groups excluding tert-OH is 1. The topological polar surface area (TPSA) is 100 Å². The number of piperazine rings is 1. The number of halogens is 4. The van der Waals surface area contributed by atoms with Crippen LogP contribution < -0.4 is 4.74 Å². The van der Waals surface area contributed by atoms with Crippen LogP contribution in [0.5, 0.6) is 5.75 Å². The third kappa shape index (κ3) is 5.64. The summed E-state index contributed by atoms with van der Waals surface area (Å²) in [6.45, 7) is 4.63. The molecule has 0 aliphatic carbocycles. The molecule has 0 unspecified atom stereocenters. The molecular weight excluding hydrogens is 582 g/mol. The summed E-state index contributed by atoms with van der Waals surface area (Å²) in [5, 5.41) is 14.1. The van der Waals surface area contributed by atoms with E-state index in [1.165, 1.54) is 44.1 Å². The number of carbonyl (C=O) groups excluding carboxylic acids is 2. The molecule has 1 saturated heterocycles. The highest BCUT2D eigenvalue weighted by molar-refractivity contribution is 6.00. The number of Topliss-reactive ketones (excluding diaryl/α,β-unsaturated/α-hetero) is 1. The lowest BCUT2D eigenvalue weighted by molar-refractivity contribution is -0.143. The molecule has 1 aliphatic rings. The van der Waals surface area contributed by atoms with Crippen molar-refractivity contribution in [3.63, 3.8) is 0 Å². The van der Waals surface area contributed by atoms with Crippen LogP contribution in [0.3, 0.4) is 0 Å². The second-order valence-corrected chi connectivity index (χ2v) is 10.8. The Balaban J connectivity index is 1.48. The Labute approximate surface area is 250 Å². The zero-order chi connectivity index (χ0) is 31.9. The van der Waals surface area contributed by atoms with Gasteiger partial charge in [-0.1, -0.05) is 0 Å². The largest absolute Gasteiger partial charge is 0.497 e. The molecule has 5 rings (SSSR count). The van der Waals surface area contributed by atoms with E-state index < -0.39 is 42.3 Å². The minimum atomic E-state index is -4.79. The maximum atomic E-state index is 14.8. The normalized spacial score (nSPS) is 16.8. The zero-order valence-corrected chi connectivity index (χ0v) is 24.5. The summed E-state index contributed by atoms with van der Waals surface area (Å²) in [5.41, 5.74) is -0.560. The van der Waals surface area contributed by atoms with Crippen molar-refractivity contribution in [2.75, 3.05) is 33.4 Å². The van der Waals surface area contributed by atoms with Gasteiger partial charge in [-0.05, 0) is 63.2 Å². The average molecular weight is 614 g/mol. The lowest BCUT2D eigenvalue weighted by atomic mass is 9.99. The van der Waals surface area contributed by atoms with Crippen molar-refractivity contribution in [3.8, 4) is 17.0 Å². The molecule has 13 heteroatoms. The summed E-state index contributed by atoms with van der Waals surface area (Å²) in [5.74, 6) is -0.842. The number of fused-ring (bicyclic) bond motifs is 1. The molecule has 4 aromatic rings. The van der Waals surface area contributed by atoms with Gasteiger partial charge in [-0.25, -0.2) is 13.9 Å². The number of hydrogen-bond acceptors (Lipinski definition) is 7. The molecule has 3 heterocycles. The third-order valence-corrected chi connectivity index (χ3v) is 8.04. The van der Waals surface area contributed by atoms with Crippen molar-refractivity contribution in [2.45, 2.75) is 39.0 Å². The van der Waals surface area contributed by atoms with E-state index in [1.54, 1.807) is 31.2 Å². The molecule has 1 N–H and O–H groups in total. The van der Waals surface area contributed by atoms with Gasteiger partial charge in [-0.15, -0.1) is 0 Å². The molecule has 1 amide bonds. The second kappa shape index (κ2) is 12.0. The smallest absolute Gasteiger partial charge is 0.433 e.